The SMILES string of the molecule is COC(=O)Cc1nn(C)cc1-c1ccc2ncc(C3NC=CS3)n2c1. The molecule has 0 amide bonds. The first-order chi connectivity index (χ1) is 12.2. The second kappa shape index (κ2) is 6.29. The van der Waals surface area contributed by atoms with E-state index in [2.05, 4.69) is 19.8 Å². The van der Waals surface area contributed by atoms with Crippen molar-refractivity contribution >= 4 is 23.4 Å². The first-order valence-corrected chi connectivity index (χ1v) is 8.73. The molecule has 4 rings (SSSR count). The van der Waals surface area contributed by atoms with Crippen LogP contribution in [0.15, 0.2) is 42.3 Å². The summed E-state index contributed by atoms with van der Waals surface area (Å²) in [7, 11) is 3.23. The van der Waals surface area contributed by atoms with Crippen molar-refractivity contribution in [2.24, 2.45) is 7.05 Å². The molecule has 0 spiro atoms. The van der Waals surface area contributed by atoms with Gasteiger partial charge in [0.05, 0.1) is 31.1 Å². The lowest BCUT2D eigenvalue weighted by atomic mass is 10.1. The number of nitrogens with one attached hydrogen (secondary N) is 1. The molecule has 128 valence electrons. The van der Waals surface area contributed by atoms with Gasteiger partial charge in [0.2, 0.25) is 0 Å². The van der Waals surface area contributed by atoms with Crippen molar-refractivity contribution in [3.63, 3.8) is 0 Å². The summed E-state index contributed by atoms with van der Waals surface area (Å²) in [6, 6.07) is 3.97. The lowest BCUT2D eigenvalue weighted by molar-refractivity contribution is -0.139. The molecule has 1 atom stereocenters. The van der Waals surface area contributed by atoms with Gasteiger partial charge in [0, 0.05) is 36.8 Å². The number of carbonyl (C=O) groups excluding carboxylic acids is 1. The average molecular weight is 355 g/mol. The molecule has 1 N–H and O–H groups in total. The maximum absolute atomic E-state index is 11.7. The standard InChI is InChI=1S/C17H17N5O2S/c1-21-10-12(13(20-21)7-16(23)24-2)11-3-4-15-19-8-14(22(15)9-11)17-18-5-6-25-17/h3-6,8-10,17-18H,7H2,1-2H3. The Morgan fingerprint density at radius 1 is 1.40 bits per heavy atom. The number of aryl methyl sites for hydroxylation is 1. The van der Waals surface area contributed by atoms with Gasteiger partial charge in [-0.15, -0.1) is 11.8 Å². The van der Waals surface area contributed by atoms with Gasteiger partial charge in [0.1, 0.15) is 11.0 Å². The van der Waals surface area contributed by atoms with Crippen LogP contribution in [0.3, 0.4) is 0 Å². The van der Waals surface area contributed by atoms with Crippen molar-refractivity contribution < 1.29 is 9.53 Å². The second-order valence-electron chi connectivity index (χ2n) is 5.73. The van der Waals surface area contributed by atoms with Gasteiger partial charge in [0.15, 0.2) is 0 Å². The molecule has 4 heterocycles. The van der Waals surface area contributed by atoms with Gasteiger partial charge < -0.3 is 14.5 Å². The van der Waals surface area contributed by atoms with Crippen molar-refractivity contribution in [1.29, 1.82) is 0 Å². The van der Waals surface area contributed by atoms with Gasteiger partial charge in [-0.05, 0) is 17.5 Å². The number of imidazole rings is 1. The van der Waals surface area contributed by atoms with E-state index in [9.17, 15) is 4.79 Å². The van der Waals surface area contributed by atoms with E-state index in [4.69, 9.17) is 4.74 Å². The average Bonchev–Trinajstić information content (AvgIpc) is 3.33. The highest BCUT2D eigenvalue weighted by molar-refractivity contribution is 8.02. The van der Waals surface area contributed by atoms with Crippen LogP contribution >= 0.6 is 11.8 Å². The van der Waals surface area contributed by atoms with Gasteiger partial charge in [-0.1, -0.05) is 0 Å². The number of pyridine rings is 1. The van der Waals surface area contributed by atoms with Crippen LogP contribution in [0.2, 0.25) is 0 Å². The molecule has 3 aromatic heterocycles. The molecule has 0 radical (unpaired) electrons. The first-order valence-electron chi connectivity index (χ1n) is 7.79. The lowest BCUT2D eigenvalue weighted by Gasteiger charge is -2.11. The number of thioether (sulfide) groups is 1. The topological polar surface area (TPSA) is 73.4 Å². The Balaban J connectivity index is 1.77. The first kappa shape index (κ1) is 15.8. The van der Waals surface area contributed by atoms with Crippen LogP contribution in [0.25, 0.3) is 16.8 Å². The largest absolute Gasteiger partial charge is 0.469 e. The molecule has 0 bridgehead atoms. The zero-order valence-corrected chi connectivity index (χ0v) is 14.7. The monoisotopic (exact) mass is 355 g/mol. The molecule has 0 aliphatic carbocycles. The number of nitrogens with zero attached hydrogens (tertiary/aromatic N) is 4. The Kier molecular flexibility index (Phi) is 3.96. The third-order valence-electron chi connectivity index (χ3n) is 4.09. The zero-order valence-electron chi connectivity index (χ0n) is 13.8. The highest BCUT2D eigenvalue weighted by atomic mass is 32.2. The van der Waals surface area contributed by atoms with E-state index in [0.29, 0.717) is 5.69 Å². The Labute approximate surface area is 148 Å². The van der Waals surface area contributed by atoms with E-state index in [1.807, 2.05) is 49.4 Å². The number of esters is 1. The maximum atomic E-state index is 11.7. The number of ether oxygens (including phenoxy) is 1. The van der Waals surface area contributed by atoms with Crippen LogP contribution in [0.1, 0.15) is 16.8 Å². The summed E-state index contributed by atoms with van der Waals surface area (Å²) in [6.45, 7) is 0. The Hall–Kier alpha value is -2.74. The molecule has 0 fully saturated rings. The summed E-state index contributed by atoms with van der Waals surface area (Å²) in [5, 5.41) is 9.89. The maximum Gasteiger partial charge on any atom is 0.311 e. The predicted molar refractivity (Wildman–Crippen MR) is 95.7 cm³/mol. The van der Waals surface area contributed by atoms with Crippen molar-refractivity contribution in [1.82, 2.24) is 24.5 Å². The molecule has 7 nitrogen and oxygen atoms in total. The van der Waals surface area contributed by atoms with Gasteiger partial charge >= 0.3 is 5.97 Å². The van der Waals surface area contributed by atoms with Crippen molar-refractivity contribution in [3.8, 4) is 11.1 Å². The van der Waals surface area contributed by atoms with Gasteiger partial charge in [-0.25, -0.2) is 4.98 Å². The van der Waals surface area contributed by atoms with Crippen molar-refractivity contribution in [3.05, 3.63) is 53.7 Å². The number of rotatable bonds is 4. The molecule has 0 saturated carbocycles. The minimum atomic E-state index is -0.304. The van der Waals surface area contributed by atoms with Crippen LogP contribution in [-0.4, -0.2) is 32.2 Å². The van der Waals surface area contributed by atoms with E-state index >= 15 is 0 Å². The highest BCUT2D eigenvalue weighted by Crippen LogP contribution is 2.32. The fraction of sp³-hybridized carbons (Fsp3) is 0.235. The fourth-order valence-corrected chi connectivity index (χ4v) is 3.69. The van der Waals surface area contributed by atoms with Crippen LogP contribution in [0.5, 0.6) is 0 Å². The molecule has 0 aromatic carbocycles. The van der Waals surface area contributed by atoms with E-state index in [0.717, 1.165) is 22.5 Å². The number of methoxy groups -OCH3 is 1. The van der Waals surface area contributed by atoms with Crippen molar-refractivity contribution in [2.75, 3.05) is 7.11 Å². The number of fused-ring (bicyclic) bond motifs is 1. The minimum Gasteiger partial charge on any atom is -0.469 e. The van der Waals surface area contributed by atoms with E-state index in [-0.39, 0.29) is 17.8 Å². The smallest absolute Gasteiger partial charge is 0.311 e. The molecule has 0 saturated heterocycles. The molecule has 1 unspecified atom stereocenters. The number of hydrogen-bond acceptors (Lipinski definition) is 6. The quantitative estimate of drug-likeness (QED) is 0.724. The van der Waals surface area contributed by atoms with Crippen LogP contribution < -0.4 is 5.32 Å². The van der Waals surface area contributed by atoms with Crippen LogP contribution in [0.4, 0.5) is 0 Å². The Bertz CT molecular complexity index is 967. The number of carbonyl (C=O) groups is 1. The fourth-order valence-electron chi connectivity index (χ4n) is 2.91. The van der Waals surface area contributed by atoms with E-state index in [1.165, 1.54) is 7.11 Å². The van der Waals surface area contributed by atoms with Gasteiger partial charge in [-0.2, -0.15) is 5.10 Å². The molecular weight excluding hydrogens is 338 g/mol. The van der Waals surface area contributed by atoms with Crippen LogP contribution in [-0.2, 0) is 23.0 Å². The molecule has 3 aromatic rings. The van der Waals surface area contributed by atoms with E-state index < -0.39 is 0 Å². The summed E-state index contributed by atoms with van der Waals surface area (Å²) in [5.41, 5.74) is 4.55. The van der Waals surface area contributed by atoms with Gasteiger partial charge in [0.25, 0.3) is 0 Å². The highest BCUT2D eigenvalue weighted by Gasteiger charge is 2.19. The van der Waals surface area contributed by atoms with E-state index in [1.54, 1.807) is 16.4 Å². The summed E-state index contributed by atoms with van der Waals surface area (Å²) in [4.78, 5) is 16.1. The third kappa shape index (κ3) is 2.89. The summed E-state index contributed by atoms with van der Waals surface area (Å²) in [5.74, 6) is -0.304. The molecule has 1 aliphatic heterocycles. The second-order valence-corrected chi connectivity index (χ2v) is 6.75. The molecule has 8 heteroatoms. The van der Waals surface area contributed by atoms with Crippen molar-refractivity contribution in [2.45, 2.75) is 11.8 Å². The summed E-state index contributed by atoms with van der Waals surface area (Å²) < 4.78 is 8.56. The third-order valence-corrected chi connectivity index (χ3v) is 5.03. The number of aromatic nitrogens is 4. The predicted octanol–water partition coefficient (Wildman–Crippen LogP) is 2.26. The summed E-state index contributed by atoms with van der Waals surface area (Å²) in [6.07, 6.45) is 7.92. The summed E-state index contributed by atoms with van der Waals surface area (Å²) >= 11 is 1.71. The van der Waals surface area contributed by atoms with Gasteiger partial charge in [-0.3, -0.25) is 9.48 Å². The normalized spacial score (nSPS) is 16.3. The molecular formula is C17H17N5O2S. The lowest BCUT2D eigenvalue weighted by Crippen LogP contribution is -2.09. The Morgan fingerprint density at radius 2 is 2.28 bits per heavy atom. The zero-order chi connectivity index (χ0) is 17.4. The Morgan fingerprint density at radius 3 is 3.04 bits per heavy atom. The molecule has 25 heavy (non-hydrogen) atoms. The van der Waals surface area contributed by atoms with Crippen LogP contribution in [0, 0.1) is 0 Å². The minimum absolute atomic E-state index is 0.144. The molecule has 1 aliphatic rings. The number of hydrogen-bond donors (Lipinski definition) is 1.